The number of fused-ring (bicyclic) bond motifs is 1. The minimum atomic E-state index is -0.542. The van der Waals surface area contributed by atoms with Crippen molar-refractivity contribution in [3.63, 3.8) is 0 Å². The van der Waals surface area contributed by atoms with Crippen LogP contribution in [0.25, 0.3) is 0 Å². The second-order valence-corrected chi connectivity index (χ2v) is 6.00. The molecule has 1 N–H and O–H groups in total. The van der Waals surface area contributed by atoms with Gasteiger partial charge >= 0.3 is 5.97 Å². The van der Waals surface area contributed by atoms with Crippen molar-refractivity contribution in [1.82, 2.24) is 10.5 Å². The lowest BCUT2D eigenvalue weighted by Gasteiger charge is -2.21. The lowest BCUT2D eigenvalue weighted by molar-refractivity contribution is -0.159. The maximum absolute atomic E-state index is 11.6. The highest BCUT2D eigenvalue weighted by Crippen LogP contribution is 2.36. The van der Waals surface area contributed by atoms with Crippen molar-refractivity contribution in [3.8, 4) is 5.88 Å². The standard InChI is InChI=1S/C14H22N2O4/c1-14(2,3)13(17)19-8-18-12-11-9(15-4)6-5-7-10(11)20-16-12/h9,15H,5-8H2,1-4H3/t9-/m0/s1. The molecule has 1 atom stereocenters. The Morgan fingerprint density at radius 2 is 2.25 bits per heavy atom. The molecule has 6 nitrogen and oxygen atoms in total. The topological polar surface area (TPSA) is 73.6 Å². The number of carbonyl (C=O) groups excluding carboxylic acids is 1. The van der Waals surface area contributed by atoms with Crippen LogP contribution >= 0.6 is 0 Å². The van der Waals surface area contributed by atoms with E-state index in [2.05, 4.69) is 10.5 Å². The molecule has 6 heteroatoms. The fraction of sp³-hybridized carbons (Fsp3) is 0.714. The van der Waals surface area contributed by atoms with Crippen LogP contribution in [0.4, 0.5) is 0 Å². The summed E-state index contributed by atoms with van der Waals surface area (Å²) in [5.74, 6) is 0.966. The van der Waals surface area contributed by atoms with Crippen LogP contribution in [-0.4, -0.2) is 25.0 Å². The van der Waals surface area contributed by atoms with Gasteiger partial charge in [0.05, 0.1) is 11.0 Å². The summed E-state index contributed by atoms with van der Waals surface area (Å²) < 4.78 is 15.8. The van der Waals surface area contributed by atoms with Crippen molar-refractivity contribution >= 4 is 5.97 Å². The van der Waals surface area contributed by atoms with E-state index in [1.165, 1.54) is 0 Å². The largest absolute Gasteiger partial charge is 0.437 e. The third-order valence-corrected chi connectivity index (χ3v) is 3.36. The van der Waals surface area contributed by atoms with Crippen molar-refractivity contribution in [2.75, 3.05) is 13.8 Å². The predicted molar refractivity (Wildman–Crippen MR) is 72.3 cm³/mol. The number of aromatic nitrogens is 1. The van der Waals surface area contributed by atoms with Crippen LogP contribution in [0.1, 0.15) is 51.0 Å². The first-order chi connectivity index (χ1) is 9.43. The summed E-state index contributed by atoms with van der Waals surface area (Å²) in [6.45, 7) is 5.24. The lowest BCUT2D eigenvalue weighted by atomic mass is 9.93. The number of esters is 1. The molecule has 1 aromatic heterocycles. The van der Waals surface area contributed by atoms with E-state index in [1.54, 1.807) is 20.8 Å². The van der Waals surface area contributed by atoms with Crippen LogP contribution in [0.3, 0.4) is 0 Å². The highest BCUT2D eigenvalue weighted by atomic mass is 16.7. The maximum Gasteiger partial charge on any atom is 0.314 e. The minimum Gasteiger partial charge on any atom is -0.437 e. The molecule has 0 saturated carbocycles. The Kier molecular flexibility index (Phi) is 4.32. The Balaban J connectivity index is 1.98. The number of rotatable bonds is 4. The molecule has 1 heterocycles. The molecule has 1 aliphatic rings. The summed E-state index contributed by atoms with van der Waals surface area (Å²) in [6, 6.07) is 0.179. The molecule has 1 aromatic rings. The highest BCUT2D eigenvalue weighted by Gasteiger charge is 2.29. The van der Waals surface area contributed by atoms with Gasteiger partial charge in [-0.2, -0.15) is 0 Å². The van der Waals surface area contributed by atoms with E-state index in [1.807, 2.05) is 7.05 Å². The van der Waals surface area contributed by atoms with E-state index < -0.39 is 5.41 Å². The summed E-state index contributed by atoms with van der Waals surface area (Å²) >= 11 is 0. The Morgan fingerprint density at radius 1 is 1.50 bits per heavy atom. The third kappa shape index (κ3) is 3.12. The average molecular weight is 282 g/mol. The molecule has 1 aliphatic carbocycles. The average Bonchev–Trinajstić information content (AvgIpc) is 2.81. The fourth-order valence-corrected chi connectivity index (χ4v) is 2.20. The summed E-state index contributed by atoms with van der Waals surface area (Å²) in [7, 11) is 1.90. The second kappa shape index (κ2) is 5.83. The van der Waals surface area contributed by atoms with Crippen LogP contribution in [-0.2, 0) is 16.0 Å². The van der Waals surface area contributed by atoms with Gasteiger partial charge in [0.25, 0.3) is 5.88 Å². The smallest absolute Gasteiger partial charge is 0.314 e. The van der Waals surface area contributed by atoms with Crippen molar-refractivity contribution in [2.24, 2.45) is 5.41 Å². The van der Waals surface area contributed by atoms with E-state index in [4.69, 9.17) is 14.0 Å². The van der Waals surface area contributed by atoms with Crippen molar-refractivity contribution in [1.29, 1.82) is 0 Å². The molecule has 0 bridgehead atoms. The van der Waals surface area contributed by atoms with Gasteiger partial charge in [0.15, 0.2) is 0 Å². The zero-order valence-corrected chi connectivity index (χ0v) is 12.5. The second-order valence-electron chi connectivity index (χ2n) is 6.00. The van der Waals surface area contributed by atoms with Gasteiger partial charge in [-0.15, -0.1) is 0 Å². The first-order valence-corrected chi connectivity index (χ1v) is 6.89. The van der Waals surface area contributed by atoms with Gasteiger partial charge in [0.2, 0.25) is 6.79 Å². The van der Waals surface area contributed by atoms with Gasteiger partial charge in [0.1, 0.15) is 5.76 Å². The van der Waals surface area contributed by atoms with Gasteiger partial charge in [0, 0.05) is 12.5 Å². The molecule has 0 saturated heterocycles. The SMILES string of the molecule is CN[C@H]1CCCc2onc(OCOC(=O)C(C)(C)C)c21. The van der Waals surface area contributed by atoms with Gasteiger partial charge in [-0.3, -0.25) is 4.79 Å². The molecule has 0 spiro atoms. The van der Waals surface area contributed by atoms with E-state index in [0.717, 1.165) is 30.6 Å². The molecule has 112 valence electrons. The van der Waals surface area contributed by atoms with Crippen LogP contribution < -0.4 is 10.1 Å². The Hall–Kier alpha value is -1.56. The maximum atomic E-state index is 11.6. The van der Waals surface area contributed by atoms with Gasteiger partial charge < -0.3 is 19.3 Å². The molecule has 0 radical (unpaired) electrons. The number of nitrogens with zero attached hydrogens (tertiary/aromatic N) is 1. The summed E-state index contributed by atoms with van der Waals surface area (Å²) in [6.07, 6.45) is 2.95. The van der Waals surface area contributed by atoms with Crippen molar-refractivity contribution in [3.05, 3.63) is 11.3 Å². The first kappa shape index (κ1) is 14.8. The Morgan fingerprint density at radius 3 is 2.90 bits per heavy atom. The molecule has 0 aliphatic heterocycles. The summed E-state index contributed by atoms with van der Waals surface area (Å²) in [5.41, 5.74) is 0.408. The first-order valence-electron chi connectivity index (χ1n) is 6.89. The van der Waals surface area contributed by atoms with E-state index in [-0.39, 0.29) is 18.8 Å². The molecule has 2 rings (SSSR count). The van der Waals surface area contributed by atoms with Crippen LogP contribution in [0.2, 0.25) is 0 Å². The summed E-state index contributed by atoms with van der Waals surface area (Å²) in [5, 5.41) is 7.15. The third-order valence-electron chi connectivity index (χ3n) is 3.36. The molecular formula is C14H22N2O4. The monoisotopic (exact) mass is 282 g/mol. The fourth-order valence-electron chi connectivity index (χ4n) is 2.20. The highest BCUT2D eigenvalue weighted by molar-refractivity contribution is 5.75. The number of carbonyl (C=O) groups is 1. The van der Waals surface area contributed by atoms with Gasteiger partial charge in [-0.1, -0.05) is 0 Å². The molecule has 0 unspecified atom stereocenters. The molecule has 0 amide bonds. The van der Waals surface area contributed by atoms with Crippen LogP contribution in [0.15, 0.2) is 4.52 Å². The van der Waals surface area contributed by atoms with Crippen LogP contribution in [0, 0.1) is 5.41 Å². The number of hydrogen-bond acceptors (Lipinski definition) is 6. The quantitative estimate of drug-likeness (QED) is 0.674. The van der Waals surface area contributed by atoms with E-state index in [0.29, 0.717) is 5.88 Å². The van der Waals surface area contributed by atoms with Gasteiger partial charge in [-0.05, 0) is 45.8 Å². The van der Waals surface area contributed by atoms with Crippen molar-refractivity contribution < 1.29 is 18.8 Å². The molecule has 20 heavy (non-hydrogen) atoms. The van der Waals surface area contributed by atoms with E-state index in [9.17, 15) is 4.79 Å². The predicted octanol–water partition coefficient (Wildman–Crippen LogP) is 2.20. The van der Waals surface area contributed by atoms with E-state index >= 15 is 0 Å². The Labute approximate surface area is 118 Å². The number of aryl methyl sites for hydroxylation is 1. The van der Waals surface area contributed by atoms with Gasteiger partial charge in [-0.25, -0.2) is 0 Å². The normalized spacial score (nSPS) is 18.5. The molecule has 0 fully saturated rings. The molecule has 0 aromatic carbocycles. The zero-order valence-electron chi connectivity index (χ0n) is 12.5. The summed E-state index contributed by atoms with van der Waals surface area (Å²) in [4.78, 5) is 11.6. The molecular weight excluding hydrogens is 260 g/mol. The zero-order chi connectivity index (χ0) is 14.8. The minimum absolute atomic E-state index is 0.147. The number of ether oxygens (including phenoxy) is 2. The Bertz CT molecular complexity index is 476. The lowest BCUT2D eigenvalue weighted by Crippen LogP contribution is -2.25. The number of nitrogens with one attached hydrogen (secondary N) is 1. The number of hydrogen-bond donors (Lipinski definition) is 1. The van der Waals surface area contributed by atoms with Crippen molar-refractivity contribution in [2.45, 2.75) is 46.1 Å². The van der Waals surface area contributed by atoms with Crippen LogP contribution in [0.5, 0.6) is 5.88 Å².